The number of aromatic nitrogens is 1. The molecule has 0 amide bonds. The Balaban J connectivity index is 3.28. The minimum Gasteiger partial charge on any atom is -0.465 e. The lowest BCUT2D eigenvalue weighted by atomic mass is 10.2. The summed E-state index contributed by atoms with van der Waals surface area (Å²) in [7, 11) is 1.26. The van der Waals surface area contributed by atoms with Gasteiger partial charge in [0.05, 0.1) is 7.11 Å². The molecule has 1 aromatic rings. The molecule has 5 heteroatoms. The summed E-state index contributed by atoms with van der Waals surface area (Å²) in [5.74, 6) is -0.605. The van der Waals surface area contributed by atoms with Crippen molar-refractivity contribution in [1.82, 2.24) is 4.57 Å². The number of carbonyl (C=O) groups excluding carboxylic acids is 1. The van der Waals surface area contributed by atoms with Crippen LogP contribution in [0.5, 0.6) is 0 Å². The summed E-state index contributed by atoms with van der Waals surface area (Å²) in [5.41, 5.74) is -0.257. The number of rotatable bonds is 3. The second-order valence-electron chi connectivity index (χ2n) is 3.06. The van der Waals surface area contributed by atoms with E-state index in [2.05, 4.69) is 20.7 Å². The first-order valence-corrected chi connectivity index (χ1v) is 5.37. The number of hydrogen-bond acceptors (Lipinski definition) is 3. The Hall–Kier alpha value is -1.10. The Morgan fingerprint density at radius 3 is 2.80 bits per heavy atom. The molecule has 0 aromatic carbocycles. The Morgan fingerprint density at radius 2 is 2.27 bits per heavy atom. The maximum absolute atomic E-state index is 11.8. The lowest BCUT2D eigenvalue weighted by Crippen LogP contribution is -2.26. The average molecular weight is 274 g/mol. The lowest BCUT2D eigenvalue weighted by molar-refractivity contribution is 0.0598. The average Bonchev–Trinajstić information content (AvgIpc) is 2.22. The van der Waals surface area contributed by atoms with E-state index in [-0.39, 0.29) is 11.1 Å². The van der Waals surface area contributed by atoms with Crippen LogP contribution < -0.4 is 5.56 Å². The number of esters is 1. The van der Waals surface area contributed by atoms with Crippen LogP contribution in [-0.4, -0.2) is 17.6 Å². The molecule has 0 radical (unpaired) electrons. The van der Waals surface area contributed by atoms with Crippen molar-refractivity contribution < 1.29 is 9.53 Å². The third-order valence-corrected chi connectivity index (χ3v) is 2.36. The van der Waals surface area contributed by atoms with Crippen LogP contribution in [0.25, 0.3) is 0 Å². The van der Waals surface area contributed by atoms with Crippen LogP contribution >= 0.6 is 15.9 Å². The zero-order valence-electron chi connectivity index (χ0n) is 8.62. The zero-order chi connectivity index (χ0) is 11.4. The molecule has 0 aliphatic carbocycles. The summed E-state index contributed by atoms with van der Waals surface area (Å²) in [6.07, 6.45) is 2.50. The van der Waals surface area contributed by atoms with Gasteiger partial charge in [0.15, 0.2) is 0 Å². The molecule has 82 valence electrons. The van der Waals surface area contributed by atoms with Gasteiger partial charge in [-0.1, -0.05) is 6.92 Å². The fraction of sp³-hybridized carbons (Fsp3) is 0.400. The Labute approximate surface area is 96.0 Å². The van der Waals surface area contributed by atoms with Crippen LogP contribution in [-0.2, 0) is 11.3 Å². The molecule has 0 unspecified atom stereocenters. The van der Waals surface area contributed by atoms with Crippen molar-refractivity contribution in [2.24, 2.45) is 0 Å². The fourth-order valence-corrected chi connectivity index (χ4v) is 1.74. The summed E-state index contributed by atoms with van der Waals surface area (Å²) in [4.78, 5) is 23.0. The van der Waals surface area contributed by atoms with Gasteiger partial charge in [0.1, 0.15) is 5.56 Å². The first kappa shape index (κ1) is 12.0. The van der Waals surface area contributed by atoms with Gasteiger partial charge in [-0.2, -0.15) is 0 Å². The first-order chi connectivity index (χ1) is 7.10. The molecule has 0 N–H and O–H groups in total. The van der Waals surface area contributed by atoms with E-state index in [1.165, 1.54) is 17.7 Å². The summed E-state index contributed by atoms with van der Waals surface area (Å²) < 4.78 is 6.72. The van der Waals surface area contributed by atoms with E-state index in [1.54, 1.807) is 6.20 Å². The highest BCUT2D eigenvalue weighted by Crippen LogP contribution is 2.09. The molecular weight excluding hydrogens is 262 g/mol. The van der Waals surface area contributed by atoms with Crippen LogP contribution in [0.4, 0.5) is 0 Å². The molecule has 0 bridgehead atoms. The van der Waals surface area contributed by atoms with Gasteiger partial charge in [-0.25, -0.2) is 4.79 Å². The summed E-state index contributed by atoms with van der Waals surface area (Å²) in [6, 6.07) is 1.47. The molecule has 0 spiro atoms. The summed E-state index contributed by atoms with van der Waals surface area (Å²) in [5, 5.41) is 0. The Morgan fingerprint density at radius 1 is 1.60 bits per heavy atom. The highest BCUT2D eigenvalue weighted by molar-refractivity contribution is 9.10. The number of aryl methyl sites for hydroxylation is 1. The SMILES string of the molecule is CCCn1cc(Br)cc(C(=O)OC)c1=O. The zero-order valence-corrected chi connectivity index (χ0v) is 10.2. The number of hydrogen-bond donors (Lipinski definition) is 0. The fourth-order valence-electron chi connectivity index (χ4n) is 1.26. The molecule has 0 aliphatic rings. The summed E-state index contributed by atoms with van der Waals surface area (Å²) >= 11 is 3.25. The molecule has 1 heterocycles. The standard InChI is InChI=1S/C10H12BrNO3/c1-3-4-12-6-7(11)5-8(9(12)13)10(14)15-2/h5-6H,3-4H2,1-2H3. The van der Waals surface area contributed by atoms with Crippen molar-refractivity contribution in [3.63, 3.8) is 0 Å². The van der Waals surface area contributed by atoms with Crippen LogP contribution in [0.1, 0.15) is 23.7 Å². The molecule has 0 saturated carbocycles. The Bertz CT molecular complexity index is 425. The van der Waals surface area contributed by atoms with Crippen molar-refractivity contribution in [2.45, 2.75) is 19.9 Å². The first-order valence-electron chi connectivity index (χ1n) is 4.58. The summed E-state index contributed by atoms with van der Waals surface area (Å²) in [6.45, 7) is 2.55. The quantitative estimate of drug-likeness (QED) is 0.790. The molecule has 0 atom stereocenters. The molecule has 1 rings (SSSR count). The van der Waals surface area contributed by atoms with Crippen molar-refractivity contribution in [1.29, 1.82) is 0 Å². The van der Waals surface area contributed by atoms with Crippen LogP contribution in [0, 0.1) is 0 Å². The number of nitrogens with zero attached hydrogens (tertiary/aromatic N) is 1. The second-order valence-corrected chi connectivity index (χ2v) is 3.98. The van der Waals surface area contributed by atoms with Crippen molar-refractivity contribution >= 4 is 21.9 Å². The van der Waals surface area contributed by atoms with Gasteiger partial charge >= 0.3 is 5.97 Å². The predicted molar refractivity (Wildman–Crippen MR) is 60.0 cm³/mol. The van der Waals surface area contributed by atoms with Gasteiger partial charge < -0.3 is 9.30 Å². The van der Waals surface area contributed by atoms with Crippen molar-refractivity contribution in [3.05, 3.63) is 32.7 Å². The van der Waals surface area contributed by atoms with Crippen molar-refractivity contribution in [2.75, 3.05) is 7.11 Å². The van der Waals surface area contributed by atoms with Gasteiger partial charge in [0.25, 0.3) is 5.56 Å². The highest BCUT2D eigenvalue weighted by atomic mass is 79.9. The van der Waals surface area contributed by atoms with Gasteiger partial charge in [0.2, 0.25) is 0 Å². The van der Waals surface area contributed by atoms with Gasteiger partial charge in [0, 0.05) is 17.2 Å². The van der Waals surface area contributed by atoms with E-state index in [0.717, 1.165) is 6.42 Å². The molecule has 1 aromatic heterocycles. The monoisotopic (exact) mass is 273 g/mol. The maximum Gasteiger partial charge on any atom is 0.343 e. The lowest BCUT2D eigenvalue weighted by Gasteiger charge is -2.06. The third-order valence-electron chi connectivity index (χ3n) is 1.92. The smallest absolute Gasteiger partial charge is 0.343 e. The minimum absolute atomic E-state index is 0.0559. The van der Waals surface area contributed by atoms with E-state index in [0.29, 0.717) is 11.0 Å². The topological polar surface area (TPSA) is 48.3 Å². The third kappa shape index (κ3) is 2.68. The van der Waals surface area contributed by atoms with E-state index >= 15 is 0 Å². The maximum atomic E-state index is 11.8. The molecule has 0 aliphatic heterocycles. The number of halogens is 1. The largest absolute Gasteiger partial charge is 0.465 e. The Kier molecular flexibility index (Phi) is 4.08. The number of carbonyl (C=O) groups is 1. The number of methoxy groups -OCH3 is 1. The normalized spacial score (nSPS) is 10.1. The van der Waals surface area contributed by atoms with E-state index in [1.807, 2.05) is 6.92 Å². The molecule has 15 heavy (non-hydrogen) atoms. The van der Waals surface area contributed by atoms with E-state index in [9.17, 15) is 9.59 Å². The molecular formula is C10H12BrNO3. The van der Waals surface area contributed by atoms with Crippen LogP contribution in [0.3, 0.4) is 0 Å². The van der Waals surface area contributed by atoms with Gasteiger partial charge in [-0.3, -0.25) is 4.79 Å². The van der Waals surface area contributed by atoms with Gasteiger partial charge in [-0.05, 0) is 28.4 Å². The minimum atomic E-state index is -0.605. The van der Waals surface area contributed by atoms with E-state index < -0.39 is 5.97 Å². The molecule has 0 fully saturated rings. The predicted octanol–water partition coefficient (Wildman–Crippen LogP) is 1.81. The van der Waals surface area contributed by atoms with Gasteiger partial charge in [-0.15, -0.1) is 0 Å². The van der Waals surface area contributed by atoms with Crippen LogP contribution in [0.2, 0.25) is 0 Å². The second kappa shape index (κ2) is 5.11. The number of pyridine rings is 1. The molecule has 4 nitrogen and oxygen atoms in total. The molecule has 0 saturated heterocycles. The van der Waals surface area contributed by atoms with Crippen LogP contribution in [0.15, 0.2) is 21.5 Å². The number of ether oxygens (including phenoxy) is 1. The van der Waals surface area contributed by atoms with Crippen molar-refractivity contribution in [3.8, 4) is 0 Å². The highest BCUT2D eigenvalue weighted by Gasteiger charge is 2.13. The van der Waals surface area contributed by atoms with E-state index in [4.69, 9.17) is 0 Å².